The van der Waals surface area contributed by atoms with E-state index in [0.29, 0.717) is 9.66 Å². The number of H-pyrrole nitrogens is 1. The molecule has 0 atom stereocenters. The van der Waals surface area contributed by atoms with E-state index < -0.39 is 5.82 Å². The maximum atomic E-state index is 13.7. The summed E-state index contributed by atoms with van der Waals surface area (Å²) in [6.45, 7) is 2.07. The molecule has 90 valence electrons. The molecule has 0 radical (unpaired) electrons. The third-order valence-electron chi connectivity index (χ3n) is 2.45. The summed E-state index contributed by atoms with van der Waals surface area (Å²) in [7, 11) is 0. The van der Waals surface area contributed by atoms with Crippen LogP contribution in [0.15, 0.2) is 24.3 Å². The van der Waals surface area contributed by atoms with E-state index in [2.05, 4.69) is 12.0 Å². The average molecular weight is 271 g/mol. The van der Waals surface area contributed by atoms with Crippen molar-refractivity contribution >= 4 is 23.8 Å². The Hall–Kier alpha value is -1.13. The molecular weight excluding hydrogens is 259 g/mol. The molecule has 0 saturated carbocycles. The second kappa shape index (κ2) is 5.02. The molecule has 0 fully saturated rings. The van der Waals surface area contributed by atoms with Gasteiger partial charge in [0.25, 0.3) is 0 Å². The van der Waals surface area contributed by atoms with Crippen LogP contribution in [0.1, 0.15) is 19.0 Å². The molecule has 0 aliphatic rings. The Balaban J connectivity index is 2.57. The highest BCUT2D eigenvalue weighted by Gasteiger charge is 2.11. The molecule has 5 heteroatoms. The number of nitrogens with one attached hydrogen (secondary N) is 1. The van der Waals surface area contributed by atoms with Crippen molar-refractivity contribution in [2.75, 3.05) is 0 Å². The maximum Gasteiger partial charge on any atom is 0.150 e. The predicted molar refractivity (Wildman–Crippen MR) is 69.9 cm³/mol. The summed E-state index contributed by atoms with van der Waals surface area (Å²) < 4.78 is 15.8. The molecule has 17 heavy (non-hydrogen) atoms. The highest BCUT2D eigenvalue weighted by atomic mass is 35.5. The van der Waals surface area contributed by atoms with E-state index in [1.165, 1.54) is 10.7 Å². The lowest BCUT2D eigenvalue weighted by Gasteiger charge is -2.06. The summed E-state index contributed by atoms with van der Waals surface area (Å²) in [5.41, 5.74) is 1.26. The monoisotopic (exact) mass is 270 g/mol. The van der Waals surface area contributed by atoms with Crippen LogP contribution in [0.3, 0.4) is 0 Å². The average Bonchev–Trinajstić information content (AvgIpc) is 2.60. The van der Waals surface area contributed by atoms with Gasteiger partial charge in [0, 0.05) is 5.69 Å². The van der Waals surface area contributed by atoms with Gasteiger partial charge >= 0.3 is 0 Å². The van der Waals surface area contributed by atoms with Crippen molar-refractivity contribution in [3.63, 3.8) is 0 Å². The number of aromatic nitrogens is 2. The number of aromatic amines is 1. The zero-order valence-corrected chi connectivity index (χ0v) is 10.9. The van der Waals surface area contributed by atoms with Gasteiger partial charge in [-0.3, -0.25) is 5.10 Å². The lowest BCUT2D eigenvalue weighted by atomic mass is 10.3. The molecule has 0 aliphatic heterocycles. The first-order valence-corrected chi connectivity index (χ1v) is 6.17. The summed E-state index contributed by atoms with van der Waals surface area (Å²) >= 11 is 11.2. The Labute approximate surface area is 109 Å². The van der Waals surface area contributed by atoms with Crippen LogP contribution >= 0.6 is 23.8 Å². The first-order chi connectivity index (χ1) is 8.13. The minimum atomic E-state index is -0.390. The van der Waals surface area contributed by atoms with E-state index in [1.54, 1.807) is 12.1 Å². The van der Waals surface area contributed by atoms with Crippen LogP contribution in [0.25, 0.3) is 5.69 Å². The molecule has 0 unspecified atom stereocenters. The van der Waals surface area contributed by atoms with Crippen molar-refractivity contribution in [3.05, 3.63) is 45.4 Å². The molecule has 0 bridgehead atoms. The van der Waals surface area contributed by atoms with Gasteiger partial charge in [0.2, 0.25) is 0 Å². The first-order valence-electron chi connectivity index (χ1n) is 5.38. The van der Waals surface area contributed by atoms with Crippen LogP contribution in [0.2, 0.25) is 5.02 Å². The Kier molecular flexibility index (Phi) is 3.64. The quantitative estimate of drug-likeness (QED) is 0.826. The largest absolute Gasteiger partial charge is 0.297 e. The molecule has 0 spiro atoms. The second-order valence-corrected chi connectivity index (χ2v) is 4.60. The van der Waals surface area contributed by atoms with Crippen molar-refractivity contribution in [2.45, 2.75) is 19.8 Å². The zero-order chi connectivity index (χ0) is 12.4. The number of para-hydroxylation sites is 1. The van der Waals surface area contributed by atoms with Gasteiger partial charge in [-0.05, 0) is 24.6 Å². The van der Waals surface area contributed by atoms with E-state index in [1.807, 2.05) is 6.07 Å². The van der Waals surface area contributed by atoms with Crippen molar-refractivity contribution < 1.29 is 4.39 Å². The number of rotatable bonds is 3. The Bertz CT molecular complexity index is 568. The lowest BCUT2D eigenvalue weighted by molar-refractivity contribution is 0.608. The SMILES string of the molecule is CCCc1cc(=S)n(-c2c(F)cccc2Cl)[nH]1. The van der Waals surface area contributed by atoms with Gasteiger partial charge in [0.05, 0.1) is 5.02 Å². The molecule has 0 amide bonds. The van der Waals surface area contributed by atoms with E-state index in [9.17, 15) is 4.39 Å². The number of hydrogen-bond donors (Lipinski definition) is 1. The molecule has 0 saturated heterocycles. The summed E-state index contributed by atoms with van der Waals surface area (Å²) in [4.78, 5) is 0. The van der Waals surface area contributed by atoms with Crippen LogP contribution < -0.4 is 0 Å². The van der Waals surface area contributed by atoms with Crippen LogP contribution in [0, 0.1) is 10.5 Å². The third kappa shape index (κ3) is 2.42. The standard InChI is InChI=1S/C12H12ClFN2S/c1-2-4-8-7-11(17)16(15-8)12-9(13)5-3-6-10(12)14/h3,5-7,15H,2,4H2,1H3. The number of aryl methyl sites for hydroxylation is 1. The molecule has 1 aromatic heterocycles. The van der Waals surface area contributed by atoms with Crippen LogP contribution in [0.5, 0.6) is 0 Å². The molecule has 2 rings (SSSR count). The summed E-state index contributed by atoms with van der Waals surface area (Å²) in [5, 5.41) is 3.41. The Morgan fingerprint density at radius 3 is 2.88 bits per heavy atom. The van der Waals surface area contributed by atoms with Gasteiger partial charge in [-0.1, -0.05) is 43.2 Å². The van der Waals surface area contributed by atoms with Gasteiger partial charge < -0.3 is 0 Å². The second-order valence-electron chi connectivity index (χ2n) is 3.78. The van der Waals surface area contributed by atoms with E-state index >= 15 is 0 Å². The fraction of sp³-hybridized carbons (Fsp3) is 0.250. The van der Waals surface area contributed by atoms with Crippen LogP contribution in [-0.4, -0.2) is 9.78 Å². The summed E-state index contributed by atoms with van der Waals surface area (Å²) in [6, 6.07) is 6.41. The third-order valence-corrected chi connectivity index (χ3v) is 3.06. The van der Waals surface area contributed by atoms with Crippen molar-refractivity contribution in [1.29, 1.82) is 0 Å². The fourth-order valence-electron chi connectivity index (χ4n) is 1.71. The molecule has 1 heterocycles. The van der Waals surface area contributed by atoms with E-state index in [0.717, 1.165) is 18.5 Å². The summed E-state index contributed by atoms with van der Waals surface area (Å²) in [5.74, 6) is -0.390. The first kappa shape index (κ1) is 12.3. The molecule has 0 aliphatic carbocycles. The highest BCUT2D eigenvalue weighted by molar-refractivity contribution is 7.71. The Morgan fingerprint density at radius 1 is 1.47 bits per heavy atom. The van der Waals surface area contributed by atoms with Gasteiger partial charge in [-0.2, -0.15) is 0 Å². The maximum absolute atomic E-state index is 13.7. The normalized spacial score (nSPS) is 10.8. The molecule has 1 aromatic carbocycles. The number of benzene rings is 1. The summed E-state index contributed by atoms with van der Waals surface area (Å²) in [6.07, 6.45) is 1.88. The number of halogens is 2. The van der Waals surface area contributed by atoms with Gasteiger partial charge in [-0.15, -0.1) is 0 Å². The topological polar surface area (TPSA) is 20.7 Å². The fourth-order valence-corrected chi connectivity index (χ4v) is 2.24. The van der Waals surface area contributed by atoms with Gasteiger partial charge in [0.1, 0.15) is 16.1 Å². The minimum absolute atomic E-state index is 0.279. The number of hydrogen-bond acceptors (Lipinski definition) is 1. The van der Waals surface area contributed by atoms with Crippen molar-refractivity contribution in [3.8, 4) is 5.69 Å². The minimum Gasteiger partial charge on any atom is -0.297 e. The smallest absolute Gasteiger partial charge is 0.150 e. The number of nitrogens with zero attached hydrogens (tertiary/aromatic N) is 1. The molecule has 2 nitrogen and oxygen atoms in total. The predicted octanol–water partition coefficient (Wildman–Crippen LogP) is 4.28. The molecule has 1 N–H and O–H groups in total. The lowest BCUT2D eigenvalue weighted by Crippen LogP contribution is -2.01. The molecular formula is C12H12ClFN2S. The highest BCUT2D eigenvalue weighted by Crippen LogP contribution is 2.23. The van der Waals surface area contributed by atoms with Crippen LogP contribution in [0.4, 0.5) is 4.39 Å². The van der Waals surface area contributed by atoms with Crippen LogP contribution in [-0.2, 0) is 6.42 Å². The van der Waals surface area contributed by atoms with Gasteiger partial charge in [0.15, 0.2) is 0 Å². The Morgan fingerprint density at radius 2 is 2.24 bits per heavy atom. The van der Waals surface area contributed by atoms with Crippen molar-refractivity contribution in [2.24, 2.45) is 0 Å². The van der Waals surface area contributed by atoms with E-state index in [-0.39, 0.29) is 5.69 Å². The van der Waals surface area contributed by atoms with E-state index in [4.69, 9.17) is 23.8 Å². The zero-order valence-electron chi connectivity index (χ0n) is 9.34. The van der Waals surface area contributed by atoms with Gasteiger partial charge in [-0.25, -0.2) is 9.07 Å². The van der Waals surface area contributed by atoms with Crippen molar-refractivity contribution in [1.82, 2.24) is 9.78 Å². The molecule has 2 aromatic rings.